The third-order valence-electron chi connectivity index (χ3n) is 6.04. The van der Waals surface area contributed by atoms with E-state index in [4.69, 9.17) is 9.72 Å². The molecule has 0 saturated carbocycles. The minimum Gasteiger partial charge on any atom is -0.458 e. The molecule has 2 aliphatic rings. The van der Waals surface area contributed by atoms with Crippen LogP contribution in [-0.2, 0) is 29.1 Å². The molecular formula is C22H20N2O4. The average Bonchev–Trinajstić information content (AvgIpc) is 3.03. The Labute approximate surface area is 161 Å². The molecule has 142 valence electrons. The number of cyclic esters (lactones) is 1. The second-order valence-corrected chi connectivity index (χ2v) is 7.59. The molecule has 1 aromatic carbocycles. The molecule has 2 aliphatic heterocycles. The molecule has 0 spiro atoms. The van der Waals surface area contributed by atoms with E-state index in [-0.39, 0.29) is 12.2 Å². The maximum absolute atomic E-state index is 13.1. The number of aliphatic hydroxyl groups is 1. The summed E-state index contributed by atoms with van der Waals surface area (Å²) >= 11 is 0. The third kappa shape index (κ3) is 2.15. The lowest BCUT2D eigenvalue weighted by molar-refractivity contribution is -0.157. The summed E-state index contributed by atoms with van der Waals surface area (Å²) in [6.07, 6.45) is -0.598. The number of aliphatic hydroxyl groups excluding tert-OH is 1. The SMILES string of the molecule is CCc1c2c(nc3cc(C)c(C)cc13)-c1cc3c(c(=O)n1C2)COC(=O)C3O. The highest BCUT2D eigenvalue weighted by molar-refractivity contribution is 5.89. The number of aryl methyl sites for hydroxylation is 3. The van der Waals surface area contributed by atoms with Gasteiger partial charge in [-0.05, 0) is 55.2 Å². The van der Waals surface area contributed by atoms with E-state index in [1.807, 2.05) is 0 Å². The number of rotatable bonds is 1. The number of carbonyl (C=O) groups is 1. The number of fused-ring (bicyclic) bond motifs is 5. The highest BCUT2D eigenvalue weighted by Crippen LogP contribution is 2.38. The second-order valence-electron chi connectivity index (χ2n) is 7.59. The van der Waals surface area contributed by atoms with E-state index in [1.54, 1.807) is 10.6 Å². The van der Waals surface area contributed by atoms with Crippen molar-refractivity contribution in [3.8, 4) is 11.4 Å². The maximum atomic E-state index is 13.1. The number of aromatic nitrogens is 2. The van der Waals surface area contributed by atoms with E-state index in [2.05, 4.69) is 32.9 Å². The van der Waals surface area contributed by atoms with E-state index in [0.29, 0.717) is 23.4 Å². The molecule has 4 heterocycles. The molecule has 3 aromatic rings. The summed E-state index contributed by atoms with van der Waals surface area (Å²) in [5.74, 6) is -0.720. The maximum Gasteiger partial charge on any atom is 0.340 e. The zero-order valence-electron chi connectivity index (χ0n) is 16.0. The van der Waals surface area contributed by atoms with E-state index in [0.717, 1.165) is 28.6 Å². The lowest BCUT2D eigenvalue weighted by atomic mass is 9.95. The van der Waals surface area contributed by atoms with Gasteiger partial charge in [0.2, 0.25) is 0 Å². The van der Waals surface area contributed by atoms with E-state index in [1.165, 1.54) is 16.7 Å². The Balaban J connectivity index is 1.84. The van der Waals surface area contributed by atoms with Gasteiger partial charge < -0.3 is 14.4 Å². The van der Waals surface area contributed by atoms with Crippen LogP contribution in [0.3, 0.4) is 0 Å². The second kappa shape index (κ2) is 5.75. The zero-order valence-corrected chi connectivity index (χ0v) is 16.0. The number of esters is 1. The summed E-state index contributed by atoms with van der Waals surface area (Å²) in [6.45, 7) is 6.60. The van der Waals surface area contributed by atoms with Crippen LogP contribution in [0.5, 0.6) is 0 Å². The lowest BCUT2D eigenvalue weighted by Gasteiger charge is -2.21. The molecule has 2 aromatic heterocycles. The Kier molecular flexibility index (Phi) is 3.52. The number of pyridine rings is 2. The molecule has 0 amide bonds. The van der Waals surface area contributed by atoms with Crippen molar-refractivity contribution in [2.24, 2.45) is 0 Å². The molecule has 0 saturated heterocycles. The van der Waals surface area contributed by atoms with Gasteiger partial charge in [-0.3, -0.25) is 4.79 Å². The summed E-state index contributed by atoms with van der Waals surface area (Å²) < 4.78 is 6.63. The quantitative estimate of drug-likeness (QED) is 0.517. The summed E-state index contributed by atoms with van der Waals surface area (Å²) in [6, 6.07) is 5.98. The molecule has 6 nitrogen and oxygen atoms in total. The molecule has 6 heteroatoms. The summed E-state index contributed by atoms with van der Waals surface area (Å²) in [5.41, 5.74) is 7.38. The molecule has 1 unspecified atom stereocenters. The van der Waals surface area contributed by atoms with Crippen molar-refractivity contribution < 1.29 is 14.6 Å². The van der Waals surface area contributed by atoms with Gasteiger partial charge in [0.05, 0.1) is 29.0 Å². The minimum atomic E-state index is -1.43. The van der Waals surface area contributed by atoms with E-state index >= 15 is 0 Å². The highest BCUT2D eigenvalue weighted by atomic mass is 16.5. The Morgan fingerprint density at radius 3 is 2.68 bits per heavy atom. The monoisotopic (exact) mass is 376 g/mol. The normalized spacial score (nSPS) is 17.3. The van der Waals surface area contributed by atoms with Crippen molar-refractivity contribution in [1.82, 2.24) is 9.55 Å². The molecule has 0 bridgehead atoms. The van der Waals surface area contributed by atoms with Crippen molar-refractivity contribution in [3.05, 3.63) is 61.9 Å². The van der Waals surface area contributed by atoms with Crippen LogP contribution in [-0.4, -0.2) is 20.6 Å². The molecule has 0 fully saturated rings. The first-order chi connectivity index (χ1) is 13.4. The third-order valence-corrected chi connectivity index (χ3v) is 6.04. The average molecular weight is 376 g/mol. The van der Waals surface area contributed by atoms with Crippen LogP contribution >= 0.6 is 0 Å². The topological polar surface area (TPSA) is 81.4 Å². The number of carbonyl (C=O) groups excluding carboxylic acids is 1. The van der Waals surface area contributed by atoms with Crippen LogP contribution in [0, 0.1) is 13.8 Å². The lowest BCUT2D eigenvalue weighted by Crippen LogP contribution is -2.32. The molecule has 0 aliphatic carbocycles. The Bertz CT molecular complexity index is 1260. The van der Waals surface area contributed by atoms with Crippen molar-refractivity contribution in [2.75, 3.05) is 0 Å². The number of ether oxygens (including phenoxy) is 1. The van der Waals surface area contributed by atoms with Crippen LogP contribution in [0.15, 0.2) is 23.0 Å². The fraction of sp³-hybridized carbons (Fsp3) is 0.318. The fourth-order valence-electron chi connectivity index (χ4n) is 4.37. The summed E-state index contributed by atoms with van der Waals surface area (Å²) in [4.78, 5) is 29.7. The summed E-state index contributed by atoms with van der Waals surface area (Å²) in [7, 11) is 0. The zero-order chi connectivity index (χ0) is 19.7. The van der Waals surface area contributed by atoms with Crippen LogP contribution in [0.2, 0.25) is 0 Å². The first-order valence-electron chi connectivity index (χ1n) is 9.45. The van der Waals surface area contributed by atoms with Crippen LogP contribution in [0.1, 0.15) is 46.4 Å². The van der Waals surface area contributed by atoms with Gasteiger partial charge in [-0.25, -0.2) is 9.78 Å². The molecule has 5 rings (SSSR count). The van der Waals surface area contributed by atoms with Gasteiger partial charge >= 0.3 is 5.97 Å². The van der Waals surface area contributed by atoms with Crippen molar-refractivity contribution in [3.63, 3.8) is 0 Å². The first kappa shape index (κ1) is 17.1. The van der Waals surface area contributed by atoms with Gasteiger partial charge in [-0.2, -0.15) is 0 Å². The number of nitrogens with zero attached hydrogens (tertiary/aromatic N) is 2. The Morgan fingerprint density at radius 2 is 1.93 bits per heavy atom. The fourth-order valence-corrected chi connectivity index (χ4v) is 4.37. The molecule has 28 heavy (non-hydrogen) atoms. The first-order valence-corrected chi connectivity index (χ1v) is 9.45. The van der Waals surface area contributed by atoms with Gasteiger partial charge in [0, 0.05) is 16.5 Å². The standard InChI is InChI=1S/C22H20N2O4/c1-4-12-13-5-10(2)11(3)6-17(13)23-19-15(12)8-24-18(19)7-14-16(21(24)26)9-28-22(27)20(14)25/h5-7,20,25H,4,8-9H2,1-3H3. The van der Waals surface area contributed by atoms with Crippen LogP contribution in [0.25, 0.3) is 22.3 Å². The van der Waals surface area contributed by atoms with E-state index in [9.17, 15) is 14.7 Å². The van der Waals surface area contributed by atoms with Gasteiger partial charge in [0.15, 0.2) is 6.10 Å². The number of hydrogen-bond donors (Lipinski definition) is 1. The molecule has 0 radical (unpaired) electrons. The molecular weight excluding hydrogens is 356 g/mol. The number of hydrogen-bond acceptors (Lipinski definition) is 5. The van der Waals surface area contributed by atoms with Crippen molar-refractivity contribution in [2.45, 2.75) is 46.4 Å². The van der Waals surface area contributed by atoms with Crippen molar-refractivity contribution >= 4 is 16.9 Å². The summed E-state index contributed by atoms with van der Waals surface area (Å²) in [5, 5.41) is 11.3. The smallest absolute Gasteiger partial charge is 0.340 e. The van der Waals surface area contributed by atoms with Crippen LogP contribution < -0.4 is 5.56 Å². The largest absolute Gasteiger partial charge is 0.458 e. The van der Waals surface area contributed by atoms with E-state index < -0.39 is 12.1 Å². The van der Waals surface area contributed by atoms with Gasteiger partial charge in [0.25, 0.3) is 5.56 Å². The van der Waals surface area contributed by atoms with Crippen molar-refractivity contribution in [1.29, 1.82) is 0 Å². The Hall–Kier alpha value is -2.99. The predicted molar refractivity (Wildman–Crippen MR) is 104 cm³/mol. The minimum absolute atomic E-state index is 0.102. The van der Waals surface area contributed by atoms with Gasteiger partial charge in [0.1, 0.15) is 6.61 Å². The highest BCUT2D eigenvalue weighted by Gasteiger charge is 2.34. The predicted octanol–water partition coefficient (Wildman–Crippen LogP) is 2.69. The van der Waals surface area contributed by atoms with Gasteiger partial charge in [-0.15, -0.1) is 0 Å². The Morgan fingerprint density at radius 1 is 1.18 bits per heavy atom. The molecule has 1 atom stereocenters. The molecule has 1 N–H and O–H groups in total. The van der Waals surface area contributed by atoms with Crippen LogP contribution in [0.4, 0.5) is 0 Å². The van der Waals surface area contributed by atoms with Gasteiger partial charge in [-0.1, -0.05) is 6.92 Å². The number of benzene rings is 1.